The van der Waals surface area contributed by atoms with Gasteiger partial charge in [-0.2, -0.15) is 0 Å². The molecule has 0 radical (unpaired) electrons. The summed E-state index contributed by atoms with van der Waals surface area (Å²) >= 11 is -0.153. The summed E-state index contributed by atoms with van der Waals surface area (Å²) in [7, 11) is 0. The van der Waals surface area contributed by atoms with Crippen LogP contribution in [-0.4, -0.2) is 3.69 Å². The molecular formula is C6H4INO. The third kappa shape index (κ3) is 1.98. The highest BCUT2D eigenvalue weighted by Gasteiger charge is 1.91. The van der Waals surface area contributed by atoms with Crippen LogP contribution in [-0.2, 0) is 4.74 Å². The molecule has 0 aromatic carbocycles. The SMILES string of the molecule is N#COC1=IC=CC=C1. The highest BCUT2D eigenvalue weighted by atomic mass is 127. The normalized spacial score (nSPS) is 15.2. The molecule has 0 N–H and O–H groups in total. The van der Waals surface area contributed by atoms with E-state index in [1.54, 1.807) is 6.26 Å². The van der Waals surface area contributed by atoms with Crippen molar-refractivity contribution in [2.45, 2.75) is 0 Å². The fraction of sp³-hybridized carbons (Fsp3) is 0. The largest absolute Gasteiger partial charge is 0.382 e. The lowest BCUT2D eigenvalue weighted by molar-refractivity contribution is 0.518. The quantitative estimate of drug-likeness (QED) is 0.509. The van der Waals surface area contributed by atoms with Crippen LogP contribution < -0.4 is 0 Å². The van der Waals surface area contributed by atoms with E-state index in [2.05, 4.69) is 4.74 Å². The third-order valence-corrected chi connectivity index (χ3v) is 2.69. The van der Waals surface area contributed by atoms with Crippen molar-refractivity contribution in [1.82, 2.24) is 0 Å². The molecule has 46 valence electrons. The van der Waals surface area contributed by atoms with E-state index in [0.29, 0.717) is 0 Å². The van der Waals surface area contributed by atoms with E-state index in [1.165, 1.54) is 0 Å². The van der Waals surface area contributed by atoms with Crippen molar-refractivity contribution >= 4 is 24.4 Å². The van der Waals surface area contributed by atoms with Crippen molar-refractivity contribution in [3.05, 3.63) is 22.3 Å². The number of halogens is 1. The Balaban J connectivity index is 2.64. The lowest BCUT2D eigenvalue weighted by atomic mass is 10.5. The molecule has 0 unspecified atom stereocenters. The molecule has 9 heavy (non-hydrogen) atoms. The molecule has 0 aromatic rings. The van der Waals surface area contributed by atoms with E-state index < -0.39 is 0 Å². The monoisotopic (exact) mass is 233 g/mol. The minimum absolute atomic E-state index is 0.153. The molecule has 0 saturated heterocycles. The summed E-state index contributed by atoms with van der Waals surface area (Å²) < 4.78 is 7.48. The Morgan fingerprint density at radius 1 is 1.56 bits per heavy atom. The topological polar surface area (TPSA) is 33.0 Å². The molecule has 1 heterocycles. The molecule has 0 aromatic heterocycles. The van der Waals surface area contributed by atoms with Crippen LogP contribution in [0.25, 0.3) is 0 Å². The van der Waals surface area contributed by atoms with E-state index in [4.69, 9.17) is 5.26 Å². The number of nitriles is 1. The first-order chi connectivity index (χ1) is 4.43. The van der Waals surface area contributed by atoms with Gasteiger partial charge < -0.3 is 4.74 Å². The van der Waals surface area contributed by atoms with Crippen molar-refractivity contribution in [2.24, 2.45) is 0 Å². The Bertz CT molecular complexity index is 222. The van der Waals surface area contributed by atoms with Gasteiger partial charge in [-0.15, -0.1) is 5.26 Å². The summed E-state index contributed by atoms with van der Waals surface area (Å²) in [5.41, 5.74) is 0. The lowest BCUT2D eigenvalue weighted by Gasteiger charge is -1.93. The van der Waals surface area contributed by atoms with Gasteiger partial charge >= 0.3 is 0 Å². The van der Waals surface area contributed by atoms with Crippen LogP contribution >= 0.6 is 20.7 Å². The summed E-state index contributed by atoms with van der Waals surface area (Å²) in [6.07, 6.45) is 7.31. The van der Waals surface area contributed by atoms with E-state index in [9.17, 15) is 0 Å². The summed E-state index contributed by atoms with van der Waals surface area (Å²) in [4.78, 5) is 0. The second kappa shape index (κ2) is 3.41. The Morgan fingerprint density at radius 3 is 3.00 bits per heavy atom. The molecular weight excluding hydrogens is 229 g/mol. The van der Waals surface area contributed by atoms with Crippen LogP contribution in [0, 0.1) is 11.5 Å². The number of hydrogen-bond acceptors (Lipinski definition) is 2. The van der Waals surface area contributed by atoms with Crippen LogP contribution in [0.3, 0.4) is 0 Å². The van der Waals surface area contributed by atoms with Crippen LogP contribution in [0.15, 0.2) is 22.3 Å². The molecule has 0 amide bonds. The van der Waals surface area contributed by atoms with Crippen molar-refractivity contribution < 1.29 is 4.74 Å². The average Bonchev–Trinajstić information content (AvgIpc) is 1.91. The van der Waals surface area contributed by atoms with Crippen LogP contribution in [0.4, 0.5) is 0 Å². The first-order valence-corrected chi connectivity index (χ1v) is 4.65. The highest BCUT2D eigenvalue weighted by Crippen LogP contribution is 2.09. The minimum Gasteiger partial charge on any atom is -0.382 e. The van der Waals surface area contributed by atoms with Gasteiger partial charge in [0.05, 0.1) is 0 Å². The van der Waals surface area contributed by atoms with Gasteiger partial charge in [0.1, 0.15) is 0 Å². The first-order valence-electron chi connectivity index (χ1n) is 2.33. The van der Waals surface area contributed by atoms with Gasteiger partial charge in [-0.05, 0) is 30.9 Å². The van der Waals surface area contributed by atoms with E-state index in [0.717, 1.165) is 3.69 Å². The van der Waals surface area contributed by atoms with Crippen LogP contribution in [0.1, 0.15) is 0 Å². The molecule has 1 rings (SSSR count). The Kier molecular flexibility index (Phi) is 2.46. The molecule has 0 bridgehead atoms. The number of nitrogens with zero attached hydrogens (tertiary/aromatic N) is 1. The summed E-state index contributed by atoms with van der Waals surface area (Å²) in [5.74, 6) is 0. The van der Waals surface area contributed by atoms with Gasteiger partial charge in [0.15, 0.2) is 3.69 Å². The molecule has 0 atom stereocenters. The molecule has 1 aliphatic heterocycles. The second-order valence-electron chi connectivity index (χ2n) is 1.28. The molecule has 0 fully saturated rings. The van der Waals surface area contributed by atoms with Crippen molar-refractivity contribution in [1.29, 1.82) is 5.26 Å². The van der Waals surface area contributed by atoms with Crippen LogP contribution in [0.5, 0.6) is 0 Å². The van der Waals surface area contributed by atoms with Gasteiger partial charge in [-0.1, -0.05) is 12.2 Å². The zero-order valence-corrected chi connectivity index (χ0v) is 6.70. The highest BCUT2D eigenvalue weighted by molar-refractivity contribution is 14.2. The molecule has 0 saturated carbocycles. The smallest absolute Gasteiger partial charge is 0.292 e. The maximum absolute atomic E-state index is 8.09. The Labute approximate surface area is 63.2 Å². The predicted molar refractivity (Wildman–Crippen MR) is 44.0 cm³/mol. The van der Waals surface area contributed by atoms with Crippen molar-refractivity contribution in [2.75, 3.05) is 0 Å². The lowest BCUT2D eigenvalue weighted by Crippen LogP contribution is -1.91. The molecule has 0 aliphatic carbocycles. The second-order valence-corrected chi connectivity index (χ2v) is 3.69. The molecule has 2 nitrogen and oxygen atoms in total. The Morgan fingerprint density at radius 2 is 2.44 bits per heavy atom. The summed E-state index contributed by atoms with van der Waals surface area (Å²) in [6, 6.07) is 0. The molecule has 1 aliphatic rings. The van der Waals surface area contributed by atoms with Gasteiger partial charge in [0.25, 0.3) is 6.26 Å². The van der Waals surface area contributed by atoms with Gasteiger partial charge in [0, 0.05) is 0 Å². The number of ether oxygens (including phenoxy) is 1. The summed E-state index contributed by atoms with van der Waals surface area (Å²) in [5, 5.41) is 8.09. The average molecular weight is 233 g/mol. The van der Waals surface area contributed by atoms with Crippen molar-refractivity contribution in [3.8, 4) is 6.26 Å². The molecule has 3 heteroatoms. The summed E-state index contributed by atoms with van der Waals surface area (Å²) in [6.45, 7) is 0. The number of rotatable bonds is 1. The Hall–Kier alpha value is -0.630. The van der Waals surface area contributed by atoms with Crippen molar-refractivity contribution in [3.63, 3.8) is 0 Å². The fourth-order valence-electron chi connectivity index (χ4n) is 0.408. The van der Waals surface area contributed by atoms with E-state index >= 15 is 0 Å². The zero-order valence-electron chi connectivity index (χ0n) is 4.54. The van der Waals surface area contributed by atoms with Gasteiger partial charge in [0.2, 0.25) is 0 Å². The molecule has 0 spiro atoms. The zero-order chi connectivity index (χ0) is 6.53. The number of hydrogen-bond donors (Lipinski definition) is 0. The minimum atomic E-state index is -0.153. The maximum atomic E-state index is 8.09. The van der Waals surface area contributed by atoms with E-state index in [-0.39, 0.29) is 20.7 Å². The predicted octanol–water partition coefficient (Wildman–Crippen LogP) is 1.67. The third-order valence-electron chi connectivity index (χ3n) is 0.725. The number of allylic oxidation sites excluding steroid dienone is 2. The first kappa shape index (κ1) is 6.49. The standard InChI is InChI=1S/C6H4INO/c8-5-9-6-3-1-2-4-7-6/h1-4H. The van der Waals surface area contributed by atoms with E-state index in [1.807, 2.05) is 22.3 Å². The van der Waals surface area contributed by atoms with Gasteiger partial charge in [-0.25, -0.2) is 0 Å². The maximum Gasteiger partial charge on any atom is 0.292 e. The van der Waals surface area contributed by atoms with Gasteiger partial charge in [-0.3, -0.25) is 0 Å². The van der Waals surface area contributed by atoms with Crippen LogP contribution in [0.2, 0.25) is 0 Å². The fourth-order valence-corrected chi connectivity index (χ4v) is 1.85.